The zero-order valence-corrected chi connectivity index (χ0v) is 11.7. The van der Waals surface area contributed by atoms with Crippen LogP contribution in [0.15, 0.2) is 48.5 Å². The van der Waals surface area contributed by atoms with Crippen molar-refractivity contribution in [1.82, 2.24) is 4.98 Å². The number of amides is 1. The topological polar surface area (TPSA) is 42.0 Å². The molecule has 0 saturated carbocycles. The van der Waals surface area contributed by atoms with E-state index in [2.05, 4.69) is 10.3 Å². The highest BCUT2D eigenvalue weighted by atomic mass is 19.1. The van der Waals surface area contributed by atoms with E-state index in [4.69, 9.17) is 0 Å². The highest BCUT2D eigenvalue weighted by Gasteiger charge is 2.13. The number of hydrogen-bond acceptors (Lipinski definition) is 2. The molecule has 0 atom stereocenters. The first-order valence-electron chi connectivity index (χ1n) is 6.67. The molecule has 0 bridgehead atoms. The molecule has 1 aromatic heterocycles. The van der Waals surface area contributed by atoms with E-state index in [1.165, 1.54) is 36.4 Å². The maximum Gasteiger partial charge on any atom is 0.258 e. The van der Waals surface area contributed by atoms with E-state index in [0.717, 1.165) is 0 Å². The van der Waals surface area contributed by atoms with Crippen molar-refractivity contribution in [2.75, 3.05) is 5.32 Å². The number of carbonyl (C=O) groups excluding carboxylic acids is 1. The van der Waals surface area contributed by atoms with Crippen LogP contribution in [0.3, 0.4) is 0 Å². The molecule has 1 N–H and O–H groups in total. The molecule has 5 heteroatoms. The van der Waals surface area contributed by atoms with Crippen molar-refractivity contribution < 1.29 is 13.6 Å². The monoisotopic (exact) mass is 298 g/mol. The SMILES string of the molecule is Cc1cc(NC(=O)c2ccccc2F)c2cc(F)ccc2n1. The summed E-state index contributed by atoms with van der Waals surface area (Å²) in [6.45, 7) is 1.77. The number of carbonyl (C=O) groups is 1. The number of nitrogens with one attached hydrogen (secondary N) is 1. The molecule has 0 spiro atoms. The van der Waals surface area contributed by atoms with Gasteiger partial charge in [0.25, 0.3) is 5.91 Å². The lowest BCUT2D eigenvalue weighted by atomic mass is 10.1. The normalized spacial score (nSPS) is 10.7. The Labute approximate surface area is 125 Å². The van der Waals surface area contributed by atoms with Crippen LogP contribution in [0.4, 0.5) is 14.5 Å². The van der Waals surface area contributed by atoms with Gasteiger partial charge in [0, 0.05) is 11.1 Å². The van der Waals surface area contributed by atoms with E-state index in [9.17, 15) is 13.6 Å². The van der Waals surface area contributed by atoms with Gasteiger partial charge in [-0.15, -0.1) is 0 Å². The maximum absolute atomic E-state index is 13.7. The van der Waals surface area contributed by atoms with Gasteiger partial charge >= 0.3 is 0 Å². The third-order valence-corrected chi connectivity index (χ3v) is 3.27. The molecule has 1 heterocycles. The maximum atomic E-state index is 13.7. The summed E-state index contributed by atoms with van der Waals surface area (Å²) in [5.41, 5.74) is 1.56. The average molecular weight is 298 g/mol. The van der Waals surface area contributed by atoms with Crippen LogP contribution >= 0.6 is 0 Å². The molecule has 22 heavy (non-hydrogen) atoms. The Bertz CT molecular complexity index is 878. The molecule has 3 rings (SSSR count). The molecule has 110 valence electrons. The Morgan fingerprint density at radius 1 is 1.09 bits per heavy atom. The summed E-state index contributed by atoms with van der Waals surface area (Å²) in [4.78, 5) is 16.5. The van der Waals surface area contributed by atoms with Crippen molar-refractivity contribution in [3.8, 4) is 0 Å². The van der Waals surface area contributed by atoms with Crippen LogP contribution in [-0.2, 0) is 0 Å². The van der Waals surface area contributed by atoms with Gasteiger partial charge < -0.3 is 5.32 Å². The molecule has 0 unspecified atom stereocenters. The van der Waals surface area contributed by atoms with Crippen LogP contribution in [0.5, 0.6) is 0 Å². The van der Waals surface area contributed by atoms with E-state index in [-0.39, 0.29) is 5.56 Å². The Hall–Kier alpha value is -2.82. The predicted octanol–water partition coefficient (Wildman–Crippen LogP) is 4.07. The van der Waals surface area contributed by atoms with Gasteiger partial charge in [0.05, 0.1) is 16.8 Å². The minimum Gasteiger partial charge on any atom is -0.321 e. The van der Waals surface area contributed by atoms with Crippen molar-refractivity contribution in [2.45, 2.75) is 6.92 Å². The number of hydrogen-bond donors (Lipinski definition) is 1. The first-order chi connectivity index (χ1) is 10.5. The fraction of sp³-hybridized carbons (Fsp3) is 0.0588. The summed E-state index contributed by atoms with van der Waals surface area (Å²) < 4.78 is 27.1. The number of benzene rings is 2. The zero-order valence-electron chi connectivity index (χ0n) is 11.7. The molecule has 0 saturated heterocycles. The quantitative estimate of drug-likeness (QED) is 0.774. The van der Waals surface area contributed by atoms with Gasteiger partial charge in [0.15, 0.2) is 0 Å². The fourth-order valence-electron chi connectivity index (χ4n) is 2.27. The number of halogens is 2. The van der Waals surface area contributed by atoms with Crippen LogP contribution in [0, 0.1) is 18.6 Å². The minimum absolute atomic E-state index is 0.0680. The van der Waals surface area contributed by atoms with E-state index >= 15 is 0 Å². The molecular weight excluding hydrogens is 286 g/mol. The predicted molar refractivity (Wildman–Crippen MR) is 80.8 cm³/mol. The van der Waals surface area contributed by atoms with Crippen molar-refractivity contribution in [3.05, 3.63) is 71.4 Å². The summed E-state index contributed by atoms with van der Waals surface area (Å²) in [5, 5.41) is 3.09. The molecule has 1 amide bonds. The highest BCUT2D eigenvalue weighted by molar-refractivity contribution is 6.08. The Morgan fingerprint density at radius 2 is 1.86 bits per heavy atom. The van der Waals surface area contributed by atoms with Gasteiger partial charge in [-0.2, -0.15) is 0 Å². The molecule has 0 aliphatic rings. The number of rotatable bonds is 2. The second-order valence-electron chi connectivity index (χ2n) is 4.91. The van der Waals surface area contributed by atoms with E-state index in [1.807, 2.05) is 0 Å². The van der Waals surface area contributed by atoms with Crippen molar-refractivity contribution in [2.24, 2.45) is 0 Å². The highest BCUT2D eigenvalue weighted by Crippen LogP contribution is 2.25. The summed E-state index contributed by atoms with van der Waals surface area (Å²) in [7, 11) is 0. The van der Waals surface area contributed by atoms with Crippen LogP contribution in [-0.4, -0.2) is 10.9 Å². The van der Waals surface area contributed by atoms with Gasteiger partial charge in [-0.1, -0.05) is 12.1 Å². The Balaban J connectivity index is 2.05. The van der Waals surface area contributed by atoms with Crippen LogP contribution in [0.1, 0.15) is 16.1 Å². The third-order valence-electron chi connectivity index (χ3n) is 3.27. The number of fused-ring (bicyclic) bond motifs is 1. The molecular formula is C17H12F2N2O. The number of pyridine rings is 1. The zero-order chi connectivity index (χ0) is 15.7. The van der Waals surface area contributed by atoms with Crippen LogP contribution in [0.2, 0.25) is 0 Å². The van der Waals surface area contributed by atoms with Gasteiger partial charge in [0.1, 0.15) is 11.6 Å². The largest absolute Gasteiger partial charge is 0.321 e. The standard InChI is InChI=1S/C17H12F2N2O/c1-10-8-16(13-9-11(18)6-7-15(13)20-10)21-17(22)12-4-2-3-5-14(12)19/h2-9H,1H3,(H,20,21,22). The number of aryl methyl sites for hydroxylation is 1. The molecule has 0 aliphatic carbocycles. The van der Waals surface area contributed by atoms with E-state index < -0.39 is 17.5 Å². The molecule has 0 fully saturated rings. The second-order valence-corrected chi connectivity index (χ2v) is 4.91. The smallest absolute Gasteiger partial charge is 0.258 e. The molecule has 0 aliphatic heterocycles. The van der Waals surface area contributed by atoms with Crippen LogP contribution < -0.4 is 5.32 Å². The molecule has 3 aromatic rings. The van der Waals surface area contributed by atoms with Crippen molar-refractivity contribution in [1.29, 1.82) is 0 Å². The summed E-state index contributed by atoms with van der Waals surface area (Å²) in [6, 6.07) is 11.4. The van der Waals surface area contributed by atoms with Gasteiger partial charge in [-0.05, 0) is 43.3 Å². The third kappa shape index (κ3) is 2.65. The van der Waals surface area contributed by atoms with Gasteiger partial charge in [-0.3, -0.25) is 9.78 Å². The number of aromatic nitrogens is 1. The average Bonchev–Trinajstić information content (AvgIpc) is 2.48. The van der Waals surface area contributed by atoms with Crippen molar-refractivity contribution in [3.63, 3.8) is 0 Å². The van der Waals surface area contributed by atoms with Crippen molar-refractivity contribution >= 4 is 22.5 Å². The Kier molecular flexibility index (Phi) is 3.55. The summed E-state index contributed by atoms with van der Waals surface area (Å²) in [6.07, 6.45) is 0. The van der Waals surface area contributed by atoms with Crippen LogP contribution in [0.25, 0.3) is 10.9 Å². The Morgan fingerprint density at radius 3 is 2.64 bits per heavy atom. The lowest BCUT2D eigenvalue weighted by Crippen LogP contribution is -2.14. The number of nitrogens with zero attached hydrogens (tertiary/aromatic N) is 1. The molecule has 2 aromatic carbocycles. The first-order valence-corrected chi connectivity index (χ1v) is 6.67. The summed E-state index contributed by atoms with van der Waals surface area (Å²) in [5.74, 6) is -1.63. The lowest BCUT2D eigenvalue weighted by molar-refractivity contribution is 0.102. The number of anilines is 1. The van der Waals surface area contributed by atoms with Gasteiger partial charge in [-0.25, -0.2) is 8.78 Å². The first kappa shape index (κ1) is 14.1. The minimum atomic E-state index is -0.610. The lowest BCUT2D eigenvalue weighted by Gasteiger charge is -2.10. The summed E-state index contributed by atoms with van der Waals surface area (Å²) >= 11 is 0. The van der Waals surface area contributed by atoms with E-state index in [1.54, 1.807) is 19.1 Å². The molecule has 0 radical (unpaired) electrons. The van der Waals surface area contributed by atoms with Gasteiger partial charge in [0.2, 0.25) is 0 Å². The second kappa shape index (κ2) is 5.52. The fourth-order valence-corrected chi connectivity index (χ4v) is 2.27. The van der Waals surface area contributed by atoms with E-state index in [0.29, 0.717) is 22.3 Å². The molecule has 3 nitrogen and oxygen atoms in total.